The van der Waals surface area contributed by atoms with E-state index in [9.17, 15) is 10.2 Å². The van der Waals surface area contributed by atoms with Gasteiger partial charge in [0.2, 0.25) is 0 Å². The quantitative estimate of drug-likeness (QED) is 0.789. The molecule has 2 bridgehead atoms. The standard InChI is InChI=1S/C21H25NO3.H2O/c1-12-6-7-21(24)16-10-14-4-5-15(23)18-17(14)20(21,19(12)25-18)8-9-22(16)11-13-2-3-13;/h4-5,13,16,19,23-24H,1-3,6-11H2;1H2/t16-,19+,20+,21-;/m1./s1. The molecule has 1 saturated heterocycles. The first-order valence-electron chi connectivity index (χ1n) is 9.71. The van der Waals surface area contributed by atoms with Crippen LogP contribution in [-0.2, 0) is 11.8 Å². The number of hydrogen-bond acceptors (Lipinski definition) is 4. The zero-order valence-corrected chi connectivity index (χ0v) is 15.0. The molecule has 2 heterocycles. The van der Waals surface area contributed by atoms with Gasteiger partial charge in [0.1, 0.15) is 6.10 Å². The van der Waals surface area contributed by atoms with E-state index in [0.717, 1.165) is 55.8 Å². The highest BCUT2D eigenvalue weighted by Crippen LogP contribution is 2.66. The molecule has 4 atom stereocenters. The van der Waals surface area contributed by atoms with Crippen molar-refractivity contribution >= 4 is 0 Å². The molecule has 0 radical (unpaired) electrons. The number of phenols is 1. The fraction of sp³-hybridized carbons (Fsp3) is 0.619. The molecular formula is C21H27NO4. The summed E-state index contributed by atoms with van der Waals surface area (Å²) < 4.78 is 6.29. The number of aromatic hydroxyl groups is 1. The lowest BCUT2D eigenvalue weighted by Gasteiger charge is -2.63. The number of phenolic OH excluding ortho intramolecular Hbond substituents is 1. The van der Waals surface area contributed by atoms with Crippen molar-refractivity contribution in [3.63, 3.8) is 0 Å². The van der Waals surface area contributed by atoms with Gasteiger partial charge in [-0.3, -0.25) is 4.90 Å². The predicted molar refractivity (Wildman–Crippen MR) is 97.5 cm³/mol. The van der Waals surface area contributed by atoms with Crippen LogP contribution in [-0.4, -0.2) is 51.4 Å². The summed E-state index contributed by atoms with van der Waals surface area (Å²) in [7, 11) is 0. The Morgan fingerprint density at radius 1 is 1.27 bits per heavy atom. The van der Waals surface area contributed by atoms with Gasteiger partial charge in [-0.15, -0.1) is 0 Å². The van der Waals surface area contributed by atoms with Crippen LogP contribution in [0, 0.1) is 5.92 Å². The van der Waals surface area contributed by atoms with Crippen LogP contribution in [0.1, 0.15) is 43.2 Å². The van der Waals surface area contributed by atoms with Crippen LogP contribution in [0.5, 0.6) is 11.5 Å². The first-order valence-corrected chi connectivity index (χ1v) is 9.71. The van der Waals surface area contributed by atoms with Crippen molar-refractivity contribution in [1.82, 2.24) is 4.90 Å². The van der Waals surface area contributed by atoms with E-state index in [1.54, 1.807) is 6.07 Å². The second-order valence-corrected chi connectivity index (χ2v) is 8.91. The maximum atomic E-state index is 12.1. The second-order valence-electron chi connectivity index (χ2n) is 8.91. The van der Waals surface area contributed by atoms with Gasteiger partial charge in [-0.1, -0.05) is 12.6 Å². The van der Waals surface area contributed by atoms with Crippen LogP contribution in [0.15, 0.2) is 24.3 Å². The third kappa shape index (κ3) is 1.72. The Kier molecular flexibility index (Phi) is 3.21. The molecule has 5 aliphatic rings. The first-order chi connectivity index (χ1) is 12.0. The van der Waals surface area contributed by atoms with Crippen LogP contribution >= 0.6 is 0 Å². The molecule has 4 N–H and O–H groups in total. The van der Waals surface area contributed by atoms with Gasteiger partial charge >= 0.3 is 0 Å². The molecule has 1 spiro atoms. The number of likely N-dealkylation sites (tertiary alicyclic amines) is 1. The number of benzene rings is 1. The van der Waals surface area contributed by atoms with Gasteiger partial charge in [-0.25, -0.2) is 0 Å². The lowest BCUT2D eigenvalue weighted by molar-refractivity contribution is -0.174. The van der Waals surface area contributed by atoms with Crippen molar-refractivity contribution in [2.24, 2.45) is 5.92 Å². The van der Waals surface area contributed by atoms with Crippen molar-refractivity contribution < 1.29 is 20.4 Å². The Hall–Kier alpha value is -1.56. The number of nitrogens with zero attached hydrogens (tertiary/aromatic N) is 1. The van der Waals surface area contributed by atoms with Crippen LogP contribution in [0.2, 0.25) is 0 Å². The molecule has 3 aliphatic carbocycles. The molecule has 0 amide bonds. The number of piperidine rings is 1. The Morgan fingerprint density at radius 3 is 2.85 bits per heavy atom. The SMILES string of the molecule is C=C1CC[C@@]2(O)[C@H]3Cc4ccc(O)c5c4[C@@]2(CCN3CC2CC2)[C@H]1O5.O. The molecule has 140 valence electrons. The fourth-order valence-corrected chi connectivity index (χ4v) is 6.39. The summed E-state index contributed by atoms with van der Waals surface area (Å²) in [6.07, 6.45) is 5.79. The highest BCUT2D eigenvalue weighted by Gasteiger charge is 2.71. The summed E-state index contributed by atoms with van der Waals surface area (Å²) in [6, 6.07) is 3.96. The molecule has 1 aromatic carbocycles. The van der Waals surface area contributed by atoms with Gasteiger partial charge in [-0.05, 0) is 68.2 Å². The van der Waals surface area contributed by atoms with Crippen LogP contribution < -0.4 is 4.74 Å². The number of aliphatic hydroxyl groups is 1. The topological polar surface area (TPSA) is 84.4 Å². The van der Waals surface area contributed by atoms with Gasteiger partial charge in [-0.2, -0.15) is 0 Å². The Labute approximate surface area is 153 Å². The minimum Gasteiger partial charge on any atom is -0.504 e. The largest absolute Gasteiger partial charge is 0.504 e. The minimum atomic E-state index is -0.780. The van der Waals surface area contributed by atoms with Gasteiger partial charge in [0.25, 0.3) is 0 Å². The van der Waals surface area contributed by atoms with Crippen molar-refractivity contribution in [1.29, 1.82) is 0 Å². The molecule has 5 nitrogen and oxygen atoms in total. The summed E-state index contributed by atoms with van der Waals surface area (Å²) in [5, 5.41) is 22.5. The fourth-order valence-electron chi connectivity index (χ4n) is 6.39. The smallest absolute Gasteiger partial charge is 0.166 e. The molecular weight excluding hydrogens is 330 g/mol. The second kappa shape index (κ2) is 5.03. The van der Waals surface area contributed by atoms with Crippen LogP contribution in [0.4, 0.5) is 0 Å². The summed E-state index contributed by atoms with van der Waals surface area (Å²) in [5.41, 5.74) is 2.21. The van der Waals surface area contributed by atoms with Crippen molar-refractivity contribution in [3.8, 4) is 11.5 Å². The van der Waals surface area contributed by atoms with Gasteiger partial charge in [0, 0.05) is 18.2 Å². The highest BCUT2D eigenvalue weighted by molar-refractivity contribution is 5.63. The summed E-state index contributed by atoms with van der Waals surface area (Å²) in [4.78, 5) is 2.56. The van der Waals surface area contributed by atoms with E-state index >= 15 is 0 Å². The van der Waals surface area contributed by atoms with E-state index in [2.05, 4.69) is 11.5 Å². The number of hydrogen-bond donors (Lipinski definition) is 2. The summed E-state index contributed by atoms with van der Waals surface area (Å²) >= 11 is 0. The monoisotopic (exact) mass is 357 g/mol. The first kappa shape index (κ1) is 16.6. The molecule has 3 fully saturated rings. The predicted octanol–water partition coefficient (Wildman–Crippen LogP) is 1.69. The van der Waals surface area contributed by atoms with Crippen LogP contribution in [0.3, 0.4) is 0 Å². The van der Waals surface area contributed by atoms with E-state index < -0.39 is 11.0 Å². The van der Waals surface area contributed by atoms with E-state index in [1.807, 2.05) is 6.07 Å². The van der Waals surface area contributed by atoms with E-state index in [0.29, 0.717) is 5.75 Å². The zero-order chi connectivity index (χ0) is 17.0. The van der Waals surface area contributed by atoms with Crippen molar-refractivity contribution in [3.05, 3.63) is 35.4 Å². The summed E-state index contributed by atoms with van der Waals surface area (Å²) in [6.45, 7) is 6.40. The average molecular weight is 357 g/mol. The summed E-state index contributed by atoms with van der Waals surface area (Å²) in [5.74, 6) is 1.64. The lowest BCUT2D eigenvalue weighted by atomic mass is 9.48. The zero-order valence-electron chi connectivity index (χ0n) is 15.0. The van der Waals surface area contributed by atoms with Crippen LogP contribution in [0.25, 0.3) is 0 Å². The van der Waals surface area contributed by atoms with E-state index in [1.165, 1.54) is 18.4 Å². The Balaban J connectivity index is 0.00000150. The maximum Gasteiger partial charge on any atom is 0.166 e. The van der Waals surface area contributed by atoms with E-state index in [4.69, 9.17) is 4.74 Å². The minimum absolute atomic E-state index is 0. The third-order valence-corrected chi connectivity index (χ3v) is 7.71. The maximum absolute atomic E-state index is 12.1. The number of rotatable bonds is 2. The molecule has 26 heavy (non-hydrogen) atoms. The Morgan fingerprint density at radius 2 is 2.08 bits per heavy atom. The molecule has 0 unspecified atom stereocenters. The Bertz CT molecular complexity index is 803. The van der Waals surface area contributed by atoms with Gasteiger partial charge < -0.3 is 20.4 Å². The number of ether oxygens (including phenoxy) is 1. The van der Waals surface area contributed by atoms with E-state index in [-0.39, 0.29) is 23.4 Å². The van der Waals surface area contributed by atoms with Crippen molar-refractivity contribution in [2.45, 2.75) is 61.7 Å². The molecule has 0 aromatic heterocycles. The van der Waals surface area contributed by atoms with Gasteiger partial charge in [0.15, 0.2) is 11.5 Å². The van der Waals surface area contributed by atoms with Crippen molar-refractivity contribution in [2.75, 3.05) is 13.1 Å². The average Bonchev–Trinajstić information content (AvgIpc) is 3.32. The normalized spacial score (nSPS) is 39.8. The highest BCUT2D eigenvalue weighted by atomic mass is 16.5. The molecule has 5 heteroatoms. The lowest BCUT2D eigenvalue weighted by Crippen LogP contribution is -2.75. The van der Waals surface area contributed by atoms with Gasteiger partial charge in [0.05, 0.1) is 11.0 Å². The third-order valence-electron chi connectivity index (χ3n) is 7.71. The molecule has 6 rings (SSSR count). The molecule has 2 aliphatic heterocycles. The molecule has 1 aromatic rings. The molecule has 2 saturated carbocycles.